The van der Waals surface area contributed by atoms with Crippen LogP contribution in [0.15, 0.2) is 54.6 Å². The van der Waals surface area contributed by atoms with Crippen LogP contribution in [0, 0.1) is 3.57 Å². The van der Waals surface area contributed by atoms with E-state index in [1.54, 1.807) is 0 Å². The minimum Gasteiger partial charge on any atom is -0.439 e. The second-order valence-corrected chi connectivity index (χ2v) is 5.99. The van der Waals surface area contributed by atoms with E-state index in [-0.39, 0.29) is 0 Å². The van der Waals surface area contributed by atoms with E-state index in [0.29, 0.717) is 12.4 Å². The fraction of sp³-hybridized carbons (Fsp3) is 0.118. The maximum absolute atomic E-state index is 5.96. The summed E-state index contributed by atoms with van der Waals surface area (Å²) in [5.74, 6) is 1.43. The first kappa shape index (κ1) is 14.3. The zero-order valence-corrected chi connectivity index (χ0v) is 13.6. The Hall–Kier alpha value is -1.66. The van der Waals surface area contributed by atoms with Crippen LogP contribution in [0.2, 0.25) is 0 Å². The highest BCUT2D eigenvalue weighted by molar-refractivity contribution is 14.1. The van der Waals surface area contributed by atoms with Crippen LogP contribution in [0.3, 0.4) is 0 Å². The molecule has 106 valence electrons. The SMILES string of the molecule is NCCc1cc2ccccc2nc1Oc1ccc(I)cc1. The third-order valence-electron chi connectivity index (χ3n) is 3.21. The lowest BCUT2D eigenvalue weighted by Gasteiger charge is -2.11. The summed E-state index contributed by atoms with van der Waals surface area (Å²) in [5, 5.41) is 1.11. The molecule has 0 aliphatic carbocycles. The molecule has 2 N–H and O–H groups in total. The minimum atomic E-state index is 0.572. The number of halogens is 1. The van der Waals surface area contributed by atoms with E-state index in [0.717, 1.165) is 28.6 Å². The van der Waals surface area contributed by atoms with Gasteiger partial charge in [-0.3, -0.25) is 0 Å². The number of nitrogens with two attached hydrogens (primary N) is 1. The summed E-state index contributed by atoms with van der Waals surface area (Å²) in [6, 6.07) is 18.1. The first-order valence-electron chi connectivity index (χ1n) is 6.78. The van der Waals surface area contributed by atoms with Gasteiger partial charge < -0.3 is 10.5 Å². The summed E-state index contributed by atoms with van der Waals surface area (Å²) >= 11 is 2.27. The maximum atomic E-state index is 5.96. The van der Waals surface area contributed by atoms with Crippen molar-refractivity contribution in [3.8, 4) is 11.6 Å². The van der Waals surface area contributed by atoms with Gasteiger partial charge in [-0.2, -0.15) is 0 Å². The maximum Gasteiger partial charge on any atom is 0.223 e. The molecule has 0 unspecified atom stereocenters. The van der Waals surface area contributed by atoms with Crippen molar-refractivity contribution in [1.29, 1.82) is 0 Å². The Balaban J connectivity index is 2.02. The molecule has 3 aromatic rings. The lowest BCUT2D eigenvalue weighted by atomic mass is 10.1. The van der Waals surface area contributed by atoms with E-state index in [1.165, 1.54) is 3.57 Å². The van der Waals surface area contributed by atoms with E-state index >= 15 is 0 Å². The van der Waals surface area contributed by atoms with Crippen molar-refractivity contribution in [2.24, 2.45) is 5.73 Å². The van der Waals surface area contributed by atoms with Crippen LogP contribution < -0.4 is 10.5 Å². The standard InChI is InChI=1S/C17H15IN2O/c18-14-5-7-15(8-6-14)21-17-13(9-10-19)11-12-3-1-2-4-16(12)20-17/h1-8,11H,9-10,19H2. The number of nitrogens with zero attached hydrogens (tertiary/aromatic N) is 1. The Morgan fingerprint density at radius 3 is 2.57 bits per heavy atom. The molecule has 0 fully saturated rings. The van der Waals surface area contributed by atoms with Gasteiger partial charge in [0, 0.05) is 14.5 Å². The fourth-order valence-corrected chi connectivity index (χ4v) is 2.54. The molecule has 0 amide bonds. The van der Waals surface area contributed by atoms with Crippen LogP contribution in [0.25, 0.3) is 10.9 Å². The Labute approximate surface area is 137 Å². The summed E-state index contributed by atoms with van der Waals surface area (Å²) < 4.78 is 7.13. The third kappa shape index (κ3) is 3.33. The van der Waals surface area contributed by atoms with Gasteiger partial charge >= 0.3 is 0 Å². The molecule has 1 aromatic heterocycles. The molecular weight excluding hydrogens is 375 g/mol. The van der Waals surface area contributed by atoms with Crippen LogP contribution in [-0.4, -0.2) is 11.5 Å². The first-order chi connectivity index (χ1) is 10.3. The number of para-hydroxylation sites is 1. The van der Waals surface area contributed by atoms with Gasteiger partial charge in [-0.1, -0.05) is 18.2 Å². The third-order valence-corrected chi connectivity index (χ3v) is 3.92. The van der Waals surface area contributed by atoms with Crippen LogP contribution in [-0.2, 0) is 6.42 Å². The molecule has 21 heavy (non-hydrogen) atoms. The quantitative estimate of drug-likeness (QED) is 0.682. The minimum absolute atomic E-state index is 0.572. The van der Waals surface area contributed by atoms with Gasteiger partial charge in [0.25, 0.3) is 0 Å². The normalized spacial score (nSPS) is 10.8. The number of hydrogen-bond donors (Lipinski definition) is 1. The molecule has 0 saturated heterocycles. The molecule has 0 spiro atoms. The average molecular weight is 390 g/mol. The lowest BCUT2D eigenvalue weighted by molar-refractivity contribution is 0.458. The summed E-state index contributed by atoms with van der Waals surface area (Å²) in [6.45, 7) is 0.572. The van der Waals surface area contributed by atoms with Gasteiger partial charge in [0.15, 0.2) is 0 Å². The topological polar surface area (TPSA) is 48.1 Å². The molecule has 2 aromatic carbocycles. The number of benzene rings is 2. The number of ether oxygens (including phenoxy) is 1. The number of hydrogen-bond acceptors (Lipinski definition) is 3. The fourth-order valence-electron chi connectivity index (χ4n) is 2.18. The van der Waals surface area contributed by atoms with Crippen LogP contribution >= 0.6 is 22.6 Å². The summed E-state index contributed by atoms with van der Waals surface area (Å²) in [7, 11) is 0. The monoisotopic (exact) mass is 390 g/mol. The molecule has 0 aliphatic rings. The predicted octanol–water partition coefficient (Wildman–Crippen LogP) is 4.13. The molecule has 0 saturated carbocycles. The zero-order valence-electron chi connectivity index (χ0n) is 11.4. The highest BCUT2D eigenvalue weighted by Gasteiger charge is 2.09. The van der Waals surface area contributed by atoms with Gasteiger partial charge in [-0.15, -0.1) is 0 Å². The van der Waals surface area contributed by atoms with E-state index in [1.807, 2.05) is 42.5 Å². The van der Waals surface area contributed by atoms with E-state index in [2.05, 4.69) is 39.7 Å². The van der Waals surface area contributed by atoms with Crippen LogP contribution in [0.4, 0.5) is 0 Å². The molecule has 3 nitrogen and oxygen atoms in total. The van der Waals surface area contributed by atoms with Crippen molar-refractivity contribution < 1.29 is 4.74 Å². The smallest absolute Gasteiger partial charge is 0.223 e. The molecule has 0 bridgehead atoms. The molecule has 3 rings (SSSR count). The van der Waals surface area contributed by atoms with Crippen molar-refractivity contribution in [2.75, 3.05) is 6.54 Å². The van der Waals surface area contributed by atoms with Crippen molar-refractivity contribution >= 4 is 33.5 Å². The van der Waals surface area contributed by atoms with Crippen LogP contribution in [0.5, 0.6) is 11.6 Å². The van der Waals surface area contributed by atoms with Gasteiger partial charge in [0.05, 0.1) is 5.52 Å². The second kappa shape index (κ2) is 6.41. The molecule has 0 radical (unpaired) electrons. The van der Waals surface area contributed by atoms with Crippen molar-refractivity contribution in [3.05, 3.63) is 63.7 Å². The second-order valence-electron chi connectivity index (χ2n) is 4.74. The highest BCUT2D eigenvalue weighted by Crippen LogP contribution is 2.27. The van der Waals surface area contributed by atoms with Gasteiger partial charge in [-0.05, 0) is 72.0 Å². The Bertz CT molecular complexity index is 756. The Morgan fingerprint density at radius 2 is 1.81 bits per heavy atom. The largest absolute Gasteiger partial charge is 0.439 e. The molecule has 4 heteroatoms. The molecular formula is C17H15IN2O. The number of fused-ring (bicyclic) bond motifs is 1. The number of pyridine rings is 1. The lowest BCUT2D eigenvalue weighted by Crippen LogP contribution is -2.05. The van der Waals surface area contributed by atoms with Gasteiger partial charge in [0.1, 0.15) is 5.75 Å². The summed E-state index contributed by atoms with van der Waals surface area (Å²) in [5.41, 5.74) is 7.67. The Kier molecular flexibility index (Phi) is 4.36. The van der Waals surface area contributed by atoms with Crippen molar-refractivity contribution in [2.45, 2.75) is 6.42 Å². The summed E-state index contributed by atoms with van der Waals surface area (Å²) in [4.78, 5) is 4.63. The summed E-state index contributed by atoms with van der Waals surface area (Å²) in [6.07, 6.45) is 0.748. The Morgan fingerprint density at radius 1 is 1.05 bits per heavy atom. The predicted molar refractivity (Wildman–Crippen MR) is 93.7 cm³/mol. The highest BCUT2D eigenvalue weighted by atomic mass is 127. The van der Waals surface area contributed by atoms with E-state index in [4.69, 9.17) is 10.5 Å². The van der Waals surface area contributed by atoms with Crippen molar-refractivity contribution in [1.82, 2.24) is 4.98 Å². The van der Waals surface area contributed by atoms with Crippen molar-refractivity contribution in [3.63, 3.8) is 0 Å². The molecule has 0 atom stereocenters. The van der Waals surface area contributed by atoms with E-state index < -0.39 is 0 Å². The molecule has 0 aliphatic heterocycles. The average Bonchev–Trinajstić information content (AvgIpc) is 2.50. The molecule has 1 heterocycles. The van der Waals surface area contributed by atoms with Crippen LogP contribution in [0.1, 0.15) is 5.56 Å². The first-order valence-corrected chi connectivity index (χ1v) is 7.86. The number of aromatic nitrogens is 1. The zero-order chi connectivity index (χ0) is 14.7. The van der Waals surface area contributed by atoms with Gasteiger partial charge in [0.2, 0.25) is 5.88 Å². The van der Waals surface area contributed by atoms with E-state index in [9.17, 15) is 0 Å². The van der Waals surface area contributed by atoms with Gasteiger partial charge in [-0.25, -0.2) is 4.98 Å². The number of rotatable bonds is 4.